The Morgan fingerprint density at radius 3 is 3.00 bits per heavy atom. The molecule has 1 unspecified atom stereocenters. The predicted molar refractivity (Wildman–Crippen MR) is 63.1 cm³/mol. The van der Waals surface area contributed by atoms with Crippen LogP contribution in [-0.2, 0) is 4.74 Å². The van der Waals surface area contributed by atoms with Crippen molar-refractivity contribution >= 4 is 5.82 Å². The number of anilines is 1. The van der Waals surface area contributed by atoms with Crippen molar-refractivity contribution < 1.29 is 9.84 Å². The molecule has 1 rings (SSSR count). The van der Waals surface area contributed by atoms with E-state index in [9.17, 15) is 5.11 Å². The lowest BCUT2D eigenvalue weighted by molar-refractivity contribution is 0.161. The molecule has 90 valence electrons. The van der Waals surface area contributed by atoms with Gasteiger partial charge >= 0.3 is 0 Å². The number of hydrogen-bond donors (Lipinski definition) is 3. The highest BCUT2D eigenvalue weighted by Gasteiger charge is 2.13. The zero-order chi connectivity index (χ0) is 12.0. The average molecular weight is 225 g/mol. The van der Waals surface area contributed by atoms with Crippen LogP contribution in [0.2, 0.25) is 0 Å². The van der Waals surface area contributed by atoms with Crippen molar-refractivity contribution in [2.75, 3.05) is 32.5 Å². The summed E-state index contributed by atoms with van der Waals surface area (Å²) in [5.74, 6) is 0.390. The normalized spacial score (nSPS) is 12.7. The molecule has 0 aliphatic carbocycles. The summed E-state index contributed by atoms with van der Waals surface area (Å²) in [5, 5.41) is 13.0. The van der Waals surface area contributed by atoms with Gasteiger partial charge < -0.3 is 20.9 Å². The lowest BCUT2D eigenvalue weighted by atomic mass is 10.1. The number of aryl methyl sites for hydroxylation is 1. The molecule has 1 aromatic heterocycles. The fourth-order valence-corrected chi connectivity index (χ4v) is 1.54. The Hall–Kier alpha value is -1.17. The summed E-state index contributed by atoms with van der Waals surface area (Å²) in [5.41, 5.74) is 7.38. The number of nitrogens with one attached hydrogen (secondary N) is 1. The van der Waals surface area contributed by atoms with Gasteiger partial charge in [0.15, 0.2) is 0 Å². The number of aromatic nitrogens is 1. The number of methoxy groups -OCH3 is 1. The molecule has 16 heavy (non-hydrogen) atoms. The number of nitrogens with zero attached hydrogens (tertiary/aromatic N) is 1. The molecule has 5 nitrogen and oxygen atoms in total. The average Bonchev–Trinajstić information content (AvgIpc) is 2.24. The summed E-state index contributed by atoms with van der Waals surface area (Å²) in [7, 11) is 1.64. The summed E-state index contributed by atoms with van der Waals surface area (Å²) >= 11 is 0. The second-order valence-corrected chi connectivity index (χ2v) is 3.64. The van der Waals surface area contributed by atoms with Crippen molar-refractivity contribution in [1.82, 2.24) is 10.3 Å². The van der Waals surface area contributed by atoms with Gasteiger partial charge in [0.05, 0.1) is 12.7 Å². The SMILES string of the molecule is COCCNCC(O)c1c(C)ccnc1N. The first-order chi connectivity index (χ1) is 7.66. The number of pyridine rings is 1. The quantitative estimate of drug-likeness (QED) is 0.604. The summed E-state index contributed by atoms with van der Waals surface area (Å²) < 4.78 is 4.90. The van der Waals surface area contributed by atoms with Crippen molar-refractivity contribution in [2.24, 2.45) is 0 Å². The van der Waals surface area contributed by atoms with Gasteiger partial charge in [-0.3, -0.25) is 0 Å². The zero-order valence-corrected chi connectivity index (χ0v) is 9.73. The molecule has 4 N–H and O–H groups in total. The Morgan fingerprint density at radius 2 is 2.38 bits per heavy atom. The molecule has 1 aromatic rings. The molecule has 1 heterocycles. The number of aliphatic hydroxyl groups excluding tert-OH is 1. The van der Waals surface area contributed by atoms with Crippen molar-refractivity contribution in [1.29, 1.82) is 0 Å². The van der Waals surface area contributed by atoms with Gasteiger partial charge in [0.25, 0.3) is 0 Å². The topological polar surface area (TPSA) is 80.4 Å². The standard InChI is InChI=1S/C11H19N3O2/c1-8-3-4-14-11(12)10(8)9(15)7-13-5-6-16-2/h3-4,9,13,15H,5-7H2,1-2H3,(H2,12,14). The minimum absolute atomic E-state index is 0.390. The van der Waals surface area contributed by atoms with Gasteiger partial charge in [-0.25, -0.2) is 4.98 Å². The number of nitrogen functional groups attached to an aromatic ring is 1. The zero-order valence-electron chi connectivity index (χ0n) is 9.73. The molecule has 0 radical (unpaired) electrons. The molecule has 0 aromatic carbocycles. The number of rotatable bonds is 6. The number of nitrogens with two attached hydrogens (primary N) is 1. The van der Waals surface area contributed by atoms with Crippen molar-refractivity contribution in [2.45, 2.75) is 13.0 Å². The van der Waals surface area contributed by atoms with Crippen LogP contribution in [0.1, 0.15) is 17.2 Å². The Bertz CT molecular complexity index is 311. The molecule has 0 amide bonds. The largest absolute Gasteiger partial charge is 0.387 e. The second-order valence-electron chi connectivity index (χ2n) is 3.64. The highest BCUT2D eigenvalue weighted by Crippen LogP contribution is 2.21. The van der Waals surface area contributed by atoms with Crippen LogP contribution in [0.25, 0.3) is 0 Å². The number of ether oxygens (including phenoxy) is 1. The first kappa shape index (κ1) is 12.9. The highest BCUT2D eigenvalue weighted by atomic mass is 16.5. The second kappa shape index (κ2) is 6.42. The minimum atomic E-state index is -0.634. The Labute approximate surface area is 95.6 Å². The van der Waals surface area contributed by atoms with Crippen molar-refractivity contribution in [3.63, 3.8) is 0 Å². The molecule has 0 aliphatic heterocycles. The van der Waals surface area contributed by atoms with E-state index in [0.29, 0.717) is 31.1 Å². The Kier molecular flexibility index (Phi) is 5.18. The van der Waals surface area contributed by atoms with Crippen LogP contribution in [0, 0.1) is 6.92 Å². The monoisotopic (exact) mass is 225 g/mol. The molecule has 5 heteroatoms. The Balaban J connectivity index is 2.55. The summed E-state index contributed by atoms with van der Waals surface area (Å²) in [4.78, 5) is 3.97. The Morgan fingerprint density at radius 1 is 1.62 bits per heavy atom. The van der Waals surface area contributed by atoms with Gasteiger partial charge in [0.2, 0.25) is 0 Å². The maximum absolute atomic E-state index is 9.96. The van der Waals surface area contributed by atoms with Crippen LogP contribution in [0.5, 0.6) is 0 Å². The molecule has 0 saturated carbocycles. The van der Waals surface area contributed by atoms with E-state index in [1.165, 1.54) is 0 Å². The maximum Gasteiger partial charge on any atom is 0.129 e. The number of aliphatic hydroxyl groups is 1. The van der Waals surface area contributed by atoms with E-state index in [1.54, 1.807) is 13.3 Å². The van der Waals surface area contributed by atoms with Crippen LogP contribution >= 0.6 is 0 Å². The minimum Gasteiger partial charge on any atom is -0.387 e. The van der Waals surface area contributed by atoms with Crippen molar-refractivity contribution in [3.05, 3.63) is 23.4 Å². The summed E-state index contributed by atoms with van der Waals surface area (Å²) in [6.07, 6.45) is 1.00. The molecule has 0 spiro atoms. The molecule has 0 saturated heterocycles. The fraction of sp³-hybridized carbons (Fsp3) is 0.545. The smallest absolute Gasteiger partial charge is 0.129 e. The fourth-order valence-electron chi connectivity index (χ4n) is 1.54. The van der Waals surface area contributed by atoms with E-state index in [1.807, 2.05) is 13.0 Å². The van der Waals surface area contributed by atoms with E-state index in [0.717, 1.165) is 5.56 Å². The highest BCUT2D eigenvalue weighted by molar-refractivity contribution is 5.45. The van der Waals surface area contributed by atoms with Crippen LogP contribution < -0.4 is 11.1 Å². The lowest BCUT2D eigenvalue weighted by Crippen LogP contribution is -2.26. The van der Waals surface area contributed by atoms with Gasteiger partial charge in [-0.2, -0.15) is 0 Å². The van der Waals surface area contributed by atoms with Gasteiger partial charge in [-0.05, 0) is 18.6 Å². The molecule has 0 bridgehead atoms. The van der Waals surface area contributed by atoms with Gasteiger partial charge in [0, 0.05) is 32.0 Å². The third kappa shape index (κ3) is 3.44. The molecular formula is C11H19N3O2. The van der Waals surface area contributed by atoms with Crippen LogP contribution in [0.4, 0.5) is 5.82 Å². The van der Waals surface area contributed by atoms with E-state index >= 15 is 0 Å². The molecular weight excluding hydrogens is 206 g/mol. The van der Waals surface area contributed by atoms with Gasteiger partial charge in [-0.15, -0.1) is 0 Å². The maximum atomic E-state index is 9.96. The summed E-state index contributed by atoms with van der Waals surface area (Å²) in [6.45, 7) is 3.67. The molecule has 0 fully saturated rings. The van der Waals surface area contributed by atoms with E-state index < -0.39 is 6.10 Å². The molecule has 0 aliphatic rings. The van der Waals surface area contributed by atoms with Crippen LogP contribution in [0.15, 0.2) is 12.3 Å². The predicted octanol–water partition coefficient (Wildman–Crippen LogP) is 0.242. The van der Waals surface area contributed by atoms with Crippen LogP contribution in [-0.4, -0.2) is 36.9 Å². The molecule has 1 atom stereocenters. The van der Waals surface area contributed by atoms with Gasteiger partial charge in [0.1, 0.15) is 5.82 Å². The van der Waals surface area contributed by atoms with Gasteiger partial charge in [-0.1, -0.05) is 0 Å². The van der Waals surface area contributed by atoms with E-state index in [4.69, 9.17) is 10.5 Å². The first-order valence-corrected chi connectivity index (χ1v) is 5.25. The van der Waals surface area contributed by atoms with E-state index in [-0.39, 0.29) is 0 Å². The van der Waals surface area contributed by atoms with Crippen molar-refractivity contribution in [3.8, 4) is 0 Å². The summed E-state index contributed by atoms with van der Waals surface area (Å²) in [6, 6.07) is 1.84. The first-order valence-electron chi connectivity index (χ1n) is 5.25. The third-order valence-electron chi connectivity index (χ3n) is 2.39. The number of hydrogen-bond acceptors (Lipinski definition) is 5. The third-order valence-corrected chi connectivity index (χ3v) is 2.39. The lowest BCUT2D eigenvalue weighted by Gasteiger charge is -2.15. The van der Waals surface area contributed by atoms with E-state index in [2.05, 4.69) is 10.3 Å². The van der Waals surface area contributed by atoms with Crippen LogP contribution in [0.3, 0.4) is 0 Å².